The topological polar surface area (TPSA) is 71.8 Å². The van der Waals surface area contributed by atoms with Crippen LogP contribution in [0.1, 0.15) is 0 Å². The molecule has 0 radical (unpaired) electrons. The molecular formula is C22H14N6S. The molecule has 0 aliphatic rings. The zero-order valence-corrected chi connectivity index (χ0v) is 16.0. The van der Waals surface area contributed by atoms with Crippen molar-refractivity contribution in [3.05, 3.63) is 78.9 Å². The van der Waals surface area contributed by atoms with Gasteiger partial charge in [0.2, 0.25) is 10.8 Å². The van der Waals surface area contributed by atoms with Gasteiger partial charge in [-0.3, -0.25) is 5.10 Å². The molecule has 0 aliphatic heterocycles. The maximum Gasteiger partial charge on any atom is 0.235 e. The van der Waals surface area contributed by atoms with E-state index in [2.05, 4.69) is 50.7 Å². The highest BCUT2D eigenvalue weighted by Crippen LogP contribution is 2.33. The molecule has 7 heteroatoms. The quantitative estimate of drug-likeness (QED) is 0.455. The van der Waals surface area contributed by atoms with Crippen LogP contribution in [0.15, 0.2) is 78.9 Å². The van der Waals surface area contributed by atoms with Gasteiger partial charge in [-0.1, -0.05) is 84.1 Å². The van der Waals surface area contributed by atoms with Crippen molar-refractivity contribution in [1.82, 2.24) is 30.0 Å². The molecule has 0 bridgehead atoms. The van der Waals surface area contributed by atoms with Crippen molar-refractivity contribution in [3.63, 3.8) is 0 Å². The Morgan fingerprint density at radius 3 is 2.59 bits per heavy atom. The number of aromatic amines is 1. The van der Waals surface area contributed by atoms with Gasteiger partial charge in [-0.25, -0.2) is 0 Å². The van der Waals surface area contributed by atoms with Crippen LogP contribution < -0.4 is 0 Å². The maximum atomic E-state index is 4.81. The average molecular weight is 394 g/mol. The van der Waals surface area contributed by atoms with E-state index in [0.717, 1.165) is 32.5 Å². The molecule has 0 saturated heterocycles. The van der Waals surface area contributed by atoms with Gasteiger partial charge < -0.3 is 0 Å². The summed E-state index contributed by atoms with van der Waals surface area (Å²) >= 11 is 1.53. The van der Waals surface area contributed by atoms with E-state index in [1.54, 1.807) is 4.52 Å². The summed E-state index contributed by atoms with van der Waals surface area (Å²) in [4.78, 5) is 0.749. The number of nitrogens with zero attached hydrogens (tertiary/aromatic N) is 5. The Bertz CT molecular complexity index is 1460. The molecule has 0 fully saturated rings. The van der Waals surface area contributed by atoms with Gasteiger partial charge in [0.05, 0.1) is 5.69 Å². The van der Waals surface area contributed by atoms with Crippen LogP contribution in [0, 0.1) is 0 Å². The van der Waals surface area contributed by atoms with Crippen LogP contribution in [0.4, 0.5) is 0 Å². The first-order valence-corrected chi connectivity index (χ1v) is 10.00. The Labute approximate surface area is 169 Å². The normalized spacial score (nSPS) is 11.4. The van der Waals surface area contributed by atoms with Crippen LogP contribution in [-0.2, 0) is 0 Å². The predicted octanol–water partition coefficient (Wildman–Crippen LogP) is 5.06. The van der Waals surface area contributed by atoms with E-state index in [4.69, 9.17) is 5.10 Å². The zero-order chi connectivity index (χ0) is 19.2. The SMILES string of the molecule is c1ccc(-c2cc(-c3nnc4sc(-c5cccc6ccccc56)nn34)[nH]n2)cc1. The second kappa shape index (κ2) is 6.35. The molecule has 1 N–H and O–H groups in total. The number of fused-ring (bicyclic) bond motifs is 2. The Hall–Kier alpha value is -3.84. The largest absolute Gasteiger partial charge is 0.274 e. The molecule has 0 atom stereocenters. The van der Waals surface area contributed by atoms with Gasteiger partial charge in [-0.2, -0.15) is 14.7 Å². The fraction of sp³-hybridized carbons (Fsp3) is 0. The summed E-state index contributed by atoms with van der Waals surface area (Å²) in [6.07, 6.45) is 0. The maximum absolute atomic E-state index is 4.81. The fourth-order valence-electron chi connectivity index (χ4n) is 3.50. The molecule has 6 rings (SSSR count). The second-order valence-corrected chi connectivity index (χ2v) is 7.64. The first kappa shape index (κ1) is 16.1. The van der Waals surface area contributed by atoms with Crippen molar-refractivity contribution < 1.29 is 0 Å². The van der Waals surface area contributed by atoms with Gasteiger partial charge >= 0.3 is 0 Å². The van der Waals surface area contributed by atoms with Crippen molar-refractivity contribution >= 4 is 27.1 Å². The van der Waals surface area contributed by atoms with Crippen LogP contribution >= 0.6 is 11.3 Å². The van der Waals surface area contributed by atoms with Gasteiger partial charge in [0.1, 0.15) is 10.7 Å². The Morgan fingerprint density at radius 1 is 0.828 bits per heavy atom. The van der Waals surface area contributed by atoms with Crippen LogP contribution in [-0.4, -0.2) is 30.0 Å². The molecule has 0 spiro atoms. The fourth-order valence-corrected chi connectivity index (χ4v) is 4.38. The minimum atomic E-state index is 0.650. The van der Waals surface area contributed by atoms with Crippen molar-refractivity contribution in [2.24, 2.45) is 0 Å². The third-order valence-electron chi connectivity index (χ3n) is 4.90. The second-order valence-electron chi connectivity index (χ2n) is 6.68. The van der Waals surface area contributed by atoms with Crippen molar-refractivity contribution in [1.29, 1.82) is 0 Å². The van der Waals surface area contributed by atoms with Gasteiger partial charge in [0.15, 0.2) is 0 Å². The summed E-state index contributed by atoms with van der Waals surface area (Å²) in [5, 5.41) is 24.2. The number of hydrogen-bond acceptors (Lipinski definition) is 5. The molecule has 3 aromatic carbocycles. The first-order chi connectivity index (χ1) is 14.4. The molecule has 0 amide bonds. The molecule has 3 heterocycles. The van der Waals surface area contributed by atoms with Crippen LogP contribution in [0.3, 0.4) is 0 Å². The zero-order valence-electron chi connectivity index (χ0n) is 15.1. The predicted molar refractivity (Wildman–Crippen MR) is 115 cm³/mol. The lowest BCUT2D eigenvalue weighted by Crippen LogP contribution is -1.91. The van der Waals surface area contributed by atoms with Gasteiger partial charge in [-0.15, -0.1) is 10.2 Å². The first-order valence-electron chi connectivity index (χ1n) is 9.18. The summed E-state index contributed by atoms with van der Waals surface area (Å²) in [6, 6.07) is 26.6. The molecule has 0 unspecified atom stereocenters. The van der Waals surface area contributed by atoms with E-state index in [-0.39, 0.29) is 0 Å². The Kier molecular flexibility index (Phi) is 3.54. The molecule has 29 heavy (non-hydrogen) atoms. The van der Waals surface area contributed by atoms with Crippen LogP contribution in [0.25, 0.3) is 49.1 Å². The number of rotatable bonds is 3. The third-order valence-corrected chi connectivity index (χ3v) is 5.83. The lowest BCUT2D eigenvalue weighted by atomic mass is 10.1. The molecule has 6 aromatic rings. The summed E-state index contributed by atoms with van der Waals surface area (Å²) in [5.41, 5.74) is 3.79. The van der Waals surface area contributed by atoms with Crippen LogP contribution in [0.5, 0.6) is 0 Å². The molecule has 0 aliphatic carbocycles. The highest BCUT2D eigenvalue weighted by molar-refractivity contribution is 7.19. The van der Waals surface area contributed by atoms with E-state index >= 15 is 0 Å². The Balaban J connectivity index is 1.46. The van der Waals surface area contributed by atoms with E-state index in [0.29, 0.717) is 5.82 Å². The van der Waals surface area contributed by atoms with Crippen LogP contribution in [0.2, 0.25) is 0 Å². The standard InChI is InChI=1S/C22H14N6S/c1-2-8-15(9-3-1)18-13-19(24-23-18)20-25-26-22-28(20)27-21(29-22)17-12-6-10-14-7-4-5-11-16(14)17/h1-13H,(H,23,24). The summed E-state index contributed by atoms with van der Waals surface area (Å²) in [6.45, 7) is 0. The molecule has 138 valence electrons. The summed E-state index contributed by atoms with van der Waals surface area (Å²) < 4.78 is 1.78. The Morgan fingerprint density at radius 2 is 1.66 bits per heavy atom. The van der Waals surface area contributed by atoms with Crippen molar-refractivity contribution in [2.75, 3.05) is 0 Å². The van der Waals surface area contributed by atoms with E-state index in [1.165, 1.54) is 22.1 Å². The number of benzene rings is 3. The molecule has 6 nitrogen and oxygen atoms in total. The molecular weight excluding hydrogens is 380 g/mol. The monoisotopic (exact) mass is 394 g/mol. The average Bonchev–Trinajstić information content (AvgIpc) is 3.50. The minimum Gasteiger partial charge on any atom is -0.274 e. The molecule has 0 saturated carbocycles. The number of nitrogens with one attached hydrogen (secondary N) is 1. The summed E-state index contributed by atoms with van der Waals surface area (Å²) in [5.74, 6) is 0.650. The number of aromatic nitrogens is 6. The van der Waals surface area contributed by atoms with E-state index in [1.807, 2.05) is 48.5 Å². The smallest absolute Gasteiger partial charge is 0.235 e. The lowest BCUT2D eigenvalue weighted by molar-refractivity contribution is 0.955. The third kappa shape index (κ3) is 2.63. The minimum absolute atomic E-state index is 0.650. The highest BCUT2D eigenvalue weighted by atomic mass is 32.1. The van der Waals surface area contributed by atoms with Gasteiger partial charge in [0, 0.05) is 11.1 Å². The summed E-state index contributed by atoms with van der Waals surface area (Å²) in [7, 11) is 0. The molecule has 3 aromatic heterocycles. The van der Waals surface area contributed by atoms with E-state index in [9.17, 15) is 0 Å². The van der Waals surface area contributed by atoms with Gasteiger partial charge in [-0.05, 0) is 16.8 Å². The van der Waals surface area contributed by atoms with E-state index < -0.39 is 0 Å². The number of H-pyrrole nitrogens is 1. The van der Waals surface area contributed by atoms with Crippen molar-refractivity contribution in [3.8, 4) is 33.3 Å². The number of hydrogen-bond donors (Lipinski definition) is 1. The highest BCUT2D eigenvalue weighted by Gasteiger charge is 2.17. The van der Waals surface area contributed by atoms with Crippen molar-refractivity contribution in [2.45, 2.75) is 0 Å². The lowest BCUT2D eigenvalue weighted by Gasteiger charge is -2.02. The van der Waals surface area contributed by atoms with Gasteiger partial charge in [0.25, 0.3) is 0 Å².